The Kier molecular flexibility index (Phi) is 14.6. The fourth-order valence-corrected chi connectivity index (χ4v) is 4.01. The summed E-state index contributed by atoms with van der Waals surface area (Å²) < 4.78 is 0. The van der Waals surface area contributed by atoms with Crippen LogP contribution in [0.2, 0.25) is 0 Å². The van der Waals surface area contributed by atoms with Crippen LogP contribution in [0.15, 0.2) is 54.9 Å². The second kappa shape index (κ2) is 17.8. The molecule has 6 nitrogen and oxygen atoms in total. The topological polar surface area (TPSA) is 95.3 Å². The molecule has 2 aromatic heterocycles. The number of aliphatic hydroxyl groups excluding tert-OH is 2. The first kappa shape index (κ1) is 28.7. The van der Waals surface area contributed by atoms with Gasteiger partial charge >= 0.3 is 0 Å². The van der Waals surface area contributed by atoms with Gasteiger partial charge in [0.15, 0.2) is 0 Å². The summed E-state index contributed by atoms with van der Waals surface area (Å²) in [7, 11) is 0. The number of hydrogen-bond acceptors (Lipinski definition) is 5. The van der Waals surface area contributed by atoms with Crippen LogP contribution < -0.4 is 5.32 Å². The standard InChI is InChI=1S/C29H43N3O3/c1-2-3-4-5-6-7-8-9-10-11-12-13-14-18-28(34)27(23-33)32-29(35)24-19-21-31-26(22-24)25-17-15-16-20-30-25/h14-22,27-28,33-34H,2-13,23H2,1H3,(H,32,35)/b18-14+. The zero-order valence-corrected chi connectivity index (χ0v) is 21.2. The number of nitrogens with zero attached hydrogens (tertiary/aromatic N) is 2. The summed E-state index contributed by atoms with van der Waals surface area (Å²) in [4.78, 5) is 21.2. The summed E-state index contributed by atoms with van der Waals surface area (Å²) in [5, 5.41) is 22.8. The minimum atomic E-state index is -0.950. The minimum absolute atomic E-state index is 0.353. The Bertz CT molecular complexity index is 857. The van der Waals surface area contributed by atoms with Crippen molar-refractivity contribution < 1.29 is 15.0 Å². The van der Waals surface area contributed by atoms with E-state index in [0.717, 1.165) is 12.8 Å². The van der Waals surface area contributed by atoms with E-state index in [1.807, 2.05) is 24.3 Å². The minimum Gasteiger partial charge on any atom is -0.394 e. The Morgan fingerprint density at radius 3 is 2.20 bits per heavy atom. The van der Waals surface area contributed by atoms with E-state index in [4.69, 9.17) is 0 Å². The van der Waals surface area contributed by atoms with Crippen molar-refractivity contribution in [2.75, 3.05) is 6.61 Å². The number of nitrogens with one attached hydrogen (secondary N) is 1. The van der Waals surface area contributed by atoms with Gasteiger partial charge in [-0.3, -0.25) is 14.8 Å². The van der Waals surface area contributed by atoms with Crippen LogP contribution in [-0.4, -0.2) is 44.8 Å². The Hall–Kier alpha value is -2.57. The summed E-state index contributed by atoms with van der Waals surface area (Å²) >= 11 is 0. The molecule has 0 bridgehead atoms. The number of carbonyl (C=O) groups excluding carboxylic acids is 1. The van der Waals surface area contributed by atoms with Crippen LogP contribution in [0.3, 0.4) is 0 Å². The van der Waals surface area contributed by atoms with Crippen LogP contribution in [0.5, 0.6) is 0 Å². The fraction of sp³-hybridized carbons (Fsp3) is 0.552. The number of allylic oxidation sites excluding steroid dienone is 1. The average molecular weight is 482 g/mol. The lowest BCUT2D eigenvalue weighted by atomic mass is 10.0. The van der Waals surface area contributed by atoms with E-state index in [1.54, 1.807) is 30.6 Å². The molecule has 2 atom stereocenters. The van der Waals surface area contributed by atoms with Crippen LogP contribution >= 0.6 is 0 Å². The van der Waals surface area contributed by atoms with E-state index in [0.29, 0.717) is 17.0 Å². The summed E-state index contributed by atoms with van der Waals surface area (Å²) in [6.07, 6.45) is 21.1. The molecule has 2 unspecified atom stereocenters. The molecule has 192 valence electrons. The van der Waals surface area contributed by atoms with Gasteiger partial charge in [-0.25, -0.2) is 0 Å². The molecule has 0 aliphatic rings. The molecule has 1 amide bonds. The van der Waals surface area contributed by atoms with Gasteiger partial charge in [-0.05, 0) is 37.1 Å². The van der Waals surface area contributed by atoms with Gasteiger partial charge in [-0.1, -0.05) is 89.4 Å². The molecule has 0 aromatic carbocycles. The molecule has 0 aliphatic heterocycles. The molecule has 3 N–H and O–H groups in total. The number of pyridine rings is 2. The molecule has 2 aromatic rings. The van der Waals surface area contributed by atoms with Gasteiger partial charge in [0.2, 0.25) is 0 Å². The van der Waals surface area contributed by atoms with E-state index >= 15 is 0 Å². The molecule has 2 heterocycles. The van der Waals surface area contributed by atoms with Gasteiger partial charge in [0.05, 0.1) is 30.1 Å². The van der Waals surface area contributed by atoms with Crippen molar-refractivity contribution in [3.8, 4) is 11.4 Å². The van der Waals surface area contributed by atoms with E-state index in [-0.39, 0.29) is 12.5 Å². The second-order valence-corrected chi connectivity index (χ2v) is 9.15. The summed E-state index contributed by atoms with van der Waals surface area (Å²) in [6.45, 7) is 1.90. The fourth-order valence-electron chi connectivity index (χ4n) is 4.01. The molecular formula is C29H43N3O3. The monoisotopic (exact) mass is 481 g/mol. The highest BCUT2D eigenvalue weighted by atomic mass is 16.3. The first-order valence-corrected chi connectivity index (χ1v) is 13.3. The van der Waals surface area contributed by atoms with Gasteiger partial charge in [-0.15, -0.1) is 0 Å². The van der Waals surface area contributed by atoms with Crippen molar-refractivity contribution in [2.24, 2.45) is 0 Å². The highest BCUT2D eigenvalue weighted by Gasteiger charge is 2.19. The van der Waals surface area contributed by atoms with Crippen LogP contribution in [0.1, 0.15) is 94.3 Å². The third-order valence-electron chi connectivity index (χ3n) is 6.18. The molecule has 6 heteroatoms. The van der Waals surface area contributed by atoms with E-state index in [9.17, 15) is 15.0 Å². The third kappa shape index (κ3) is 11.6. The maximum absolute atomic E-state index is 12.7. The smallest absolute Gasteiger partial charge is 0.251 e. The van der Waals surface area contributed by atoms with Crippen LogP contribution in [0.25, 0.3) is 11.4 Å². The van der Waals surface area contributed by atoms with Gasteiger partial charge in [0.1, 0.15) is 0 Å². The van der Waals surface area contributed by atoms with Crippen molar-refractivity contribution >= 4 is 5.91 Å². The molecular weight excluding hydrogens is 438 g/mol. The van der Waals surface area contributed by atoms with Crippen molar-refractivity contribution in [3.63, 3.8) is 0 Å². The number of rotatable bonds is 18. The molecule has 35 heavy (non-hydrogen) atoms. The van der Waals surface area contributed by atoms with Crippen molar-refractivity contribution in [1.82, 2.24) is 15.3 Å². The van der Waals surface area contributed by atoms with Crippen LogP contribution in [0.4, 0.5) is 0 Å². The van der Waals surface area contributed by atoms with Crippen molar-refractivity contribution in [3.05, 3.63) is 60.4 Å². The average Bonchev–Trinajstić information content (AvgIpc) is 2.90. The van der Waals surface area contributed by atoms with E-state index in [2.05, 4.69) is 22.2 Å². The zero-order valence-electron chi connectivity index (χ0n) is 21.2. The SMILES string of the molecule is CCCCCCCCCCCCC/C=C/C(O)C(CO)NC(=O)c1ccnc(-c2ccccn2)c1. The van der Waals surface area contributed by atoms with Crippen molar-refractivity contribution in [1.29, 1.82) is 0 Å². The quantitative estimate of drug-likeness (QED) is 0.183. The molecule has 0 spiro atoms. The Labute approximate surface area is 210 Å². The predicted molar refractivity (Wildman–Crippen MR) is 142 cm³/mol. The largest absolute Gasteiger partial charge is 0.394 e. The molecule has 0 fully saturated rings. The van der Waals surface area contributed by atoms with Crippen LogP contribution in [0, 0.1) is 0 Å². The third-order valence-corrected chi connectivity index (χ3v) is 6.18. The van der Waals surface area contributed by atoms with Crippen molar-refractivity contribution in [2.45, 2.75) is 96.1 Å². The normalized spacial score (nSPS) is 13.1. The first-order valence-electron chi connectivity index (χ1n) is 13.3. The lowest BCUT2D eigenvalue weighted by Crippen LogP contribution is -2.45. The number of hydrogen-bond donors (Lipinski definition) is 3. The predicted octanol–water partition coefficient (Wildman–Crippen LogP) is 5.85. The number of aromatic nitrogens is 2. The number of aliphatic hydroxyl groups is 2. The molecule has 0 saturated carbocycles. The van der Waals surface area contributed by atoms with Gasteiger partial charge in [0, 0.05) is 18.0 Å². The summed E-state index contributed by atoms with van der Waals surface area (Å²) in [6, 6.07) is 7.98. The molecule has 0 radical (unpaired) electrons. The van der Waals surface area contributed by atoms with E-state index in [1.165, 1.54) is 64.2 Å². The van der Waals surface area contributed by atoms with Gasteiger partial charge < -0.3 is 15.5 Å². The number of unbranched alkanes of at least 4 members (excludes halogenated alkanes) is 11. The number of amides is 1. The van der Waals surface area contributed by atoms with Gasteiger partial charge in [0.25, 0.3) is 5.91 Å². The molecule has 0 aliphatic carbocycles. The first-order chi connectivity index (χ1) is 17.2. The Morgan fingerprint density at radius 1 is 0.914 bits per heavy atom. The maximum atomic E-state index is 12.7. The highest BCUT2D eigenvalue weighted by Crippen LogP contribution is 2.15. The summed E-state index contributed by atoms with van der Waals surface area (Å²) in [5.41, 5.74) is 1.66. The maximum Gasteiger partial charge on any atom is 0.251 e. The molecule has 2 rings (SSSR count). The highest BCUT2D eigenvalue weighted by molar-refractivity contribution is 5.95. The molecule has 0 saturated heterocycles. The second-order valence-electron chi connectivity index (χ2n) is 9.15. The Balaban J connectivity index is 1.66. The lowest BCUT2D eigenvalue weighted by molar-refractivity contribution is 0.0811. The number of carbonyl (C=O) groups is 1. The Morgan fingerprint density at radius 2 is 1.57 bits per heavy atom. The van der Waals surface area contributed by atoms with Crippen LogP contribution in [-0.2, 0) is 0 Å². The van der Waals surface area contributed by atoms with Gasteiger partial charge in [-0.2, -0.15) is 0 Å². The lowest BCUT2D eigenvalue weighted by Gasteiger charge is -2.20. The zero-order chi connectivity index (χ0) is 25.1. The summed E-state index contributed by atoms with van der Waals surface area (Å²) in [5.74, 6) is -0.374. The van der Waals surface area contributed by atoms with E-state index < -0.39 is 12.1 Å².